The summed E-state index contributed by atoms with van der Waals surface area (Å²) in [7, 11) is 0. The number of hydrogen-bond acceptors (Lipinski definition) is 4. The molecule has 2 aliphatic heterocycles. The van der Waals surface area contributed by atoms with Crippen molar-refractivity contribution in [1.29, 1.82) is 0 Å². The lowest BCUT2D eigenvalue weighted by Crippen LogP contribution is -2.42. The van der Waals surface area contributed by atoms with Crippen LogP contribution in [0.3, 0.4) is 0 Å². The summed E-state index contributed by atoms with van der Waals surface area (Å²) >= 11 is 0. The predicted molar refractivity (Wildman–Crippen MR) is 78.3 cm³/mol. The van der Waals surface area contributed by atoms with Crippen molar-refractivity contribution in [3.63, 3.8) is 0 Å². The number of benzene rings is 1. The van der Waals surface area contributed by atoms with E-state index in [-0.39, 0.29) is 12.5 Å². The van der Waals surface area contributed by atoms with Gasteiger partial charge in [-0.2, -0.15) is 0 Å². The summed E-state index contributed by atoms with van der Waals surface area (Å²) < 4.78 is 11.1. The molecule has 0 spiro atoms. The monoisotopic (exact) mass is 305 g/mol. The van der Waals surface area contributed by atoms with Gasteiger partial charge in [-0.3, -0.25) is 9.59 Å². The average Bonchev–Trinajstić information content (AvgIpc) is 2.78. The van der Waals surface area contributed by atoms with Crippen molar-refractivity contribution in [2.75, 3.05) is 26.3 Å². The Hall–Kier alpha value is -2.24. The van der Waals surface area contributed by atoms with Crippen LogP contribution < -0.4 is 9.47 Å². The van der Waals surface area contributed by atoms with Gasteiger partial charge in [0.25, 0.3) is 5.91 Å². The zero-order chi connectivity index (χ0) is 15.5. The van der Waals surface area contributed by atoms with Gasteiger partial charge in [0.15, 0.2) is 11.5 Å². The number of rotatable bonds is 2. The summed E-state index contributed by atoms with van der Waals surface area (Å²) in [5.41, 5.74) is 0.510. The number of fused-ring (bicyclic) bond motifs is 1. The number of nitrogens with zero attached hydrogens (tertiary/aromatic N) is 1. The molecule has 3 rings (SSSR count). The minimum atomic E-state index is -0.837. The fourth-order valence-electron chi connectivity index (χ4n) is 2.84. The van der Waals surface area contributed by atoms with Gasteiger partial charge in [0.1, 0.15) is 0 Å². The standard InChI is InChI=1S/C16H19NO5/c18-15(17-6-1-3-12(10-17)16(19)20)11-4-5-13-14(9-11)22-8-2-7-21-13/h4-5,9,12H,1-3,6-8,10H2,(H,19,20). The molecule has 6 nitrogen and oxygen atoms in total. The number of aliphatic carboxylic acids is 1. The molecule has 1 atom stereocenters. The van der Waals surface area contributed by atoms with Crippen LogP contribution in [0.1, 0.15) is 29.6 Å². The minimum Gasteiger partial charge on any atom is -0.490 e. The zero-order valence-electron chi connectivity index (χ0n) is 12.3. The largest absolute Gasteiger partial charge is 0.490 e. The Labute approximate surface area is 128 Å². The van der Waals surface area contributed by atoms with E-state index in [0.29, 0.717) is 49.7 Å². The van der Waals surface area contributed by atoms with Crippen molar-refractivity contribution >= 4 is 11.9 Å². The SMILES string of the molecule is O=C(O)C1CCCN(C(=O)c2ccc3c(c2)OCCCO3)C1. The van der Waals surface area contributed by atoms with E-state index in [1.165, 1.54) is 0 Å². The molecule has 1 unspecified atom stereocenters. The number of carbonyl (C=O) groups excluding carboxylic acids is 1. The molecule has 2 aliphatic rings. The summed E-state index contributed by atoms with van der Waals surface area (Å²) in [5.74, 6) is -0.234. The van der Waals surface area contributed by atoms with Crippen molar-refractivity contribution in [2.45, 2.75) is 19.3 Å². The third-order valence-electron chi connectivity index (χ3n) is 4.05. The van der Waals surface area contributed by atoms with Crippen LogP contribution in [0.2, 0.25) is 0 Å². The number of hydrogen-bond donors (Lipinski definition) is 1. The first kappa shape index (κ1) is 14.7. The maximum absolute atomic E-state index is 12.6. The highest BCUT2D eigenvalue weighted by Gasteiger charge is 2.29. The van der Waals surface area contributed by atoms with Crippen molar-refractivity contribution in [3.8, 4) is 11.5 Å². The summed E-state index contributed by atoms with van der Waals surface area (Å²) in [5, 5.41) is 9.12. The first-order chi connectivity index (χ1) is 10.6. The number of carboxylic acid groups (broad SMARTS) is 1. The molecule has 1 aromatic rings. The predicted octanol–water partition coefficient (Wildman–Crippen LogP) is 1.78. The van der Waals surface area contributed by atoms with Gasteiger partial charge in [0.2, 0.25) is 0 Å². The van der Waals surface area contributed by atoms with Crippen LogP contribution in [0, 0.1) is 5.92 Å². The van der Waals surface area contributed by atoms with Crippen molar-refractivity contribution in [1.82, 2.24) is 4.90 Å². The lowest BCUT2D eigenvalue weighted by Gasteiger charge is -2.30. The summed E-state index contributed by atoms with van der Waals surface area (Å²) in [6, 6.07) is 5.14. The second-order valence-electron chi connectivity index (χ2n) is 5.64. The number of likely N-dealkylation sites (tertiary alicyclic amines) is 1. The van der Waals surface area contributed by atoms with Gasteiger partial charge in [0, 0.05) is 25.1 Å². The molecule has 22 heavy (non-hydrogen) atoms. The molecule has 0 bridgehead atoms. The Kier molecular flexibility index (Phi) is 4.18. The lowest BCUT2D eigenvalue weighted by molar-refractivity contribution is -0.143. The Balaban J connectivity index is 1.77. The summed E-state index contributed by atoms with van der Waals surface area (Å²) in [6.07, 6.45) is 2.15. The number of amides is 1. The molecule has 2 heterocycles. The molecular formula is C16H19NO5. The molecule has 0 aromatic heterocycles. The number of piperidine rings is 1. The summed E-state index contributed by atoms with van der Waals surface area (Å²) in [4.78, 5) is 25.3. The third-order valence-corrected chi connectivity index (χ3v) is 4.05. The quantitative estimate of drug-likeness (QED) is 0.901. The molecule has 0 radical (unpaired) electrons. The molecule has 6 heteroatoms. The maximum atomic E-state index is 12.6. The van der Waals surface area contributed by atoms with Crippen molar-refractivity contribution < 1.29 is 24.2 Å². The second-order valence-corrected chi connectivity index (χ2v) is 5.64. The van der Waals surface area contributed by atoms with Gasteiger partial charge in [-0.1, -0.05) is 0 Å². The minimum absolute atomic E-state index is 0.151. The van der Waals surface area contributed by atoms with E-state index < -0.39 is 11.9 Å². The molecule has 118 valence electrons. The number of ether oxygens (including phenoxy) is 2. The Morgan fingerprint density at radius 1 is 1.14 bits per heavy atom. The van der Waals surface area contributed by atoms with Gasteiger partial charge in [-0.05, 0) is 31.0 Å². The highest BCUT2D eigenvalue weighted by atomic mass is 16.5. The lowest BCUT2D eigenvalue weighted by atomic mass is 9.97. The molecule has 1 amide bonds. The second kappa shape index (κ2) is 6.25. The van der Waals surface area contributed by atoms with Gasteiger partial charge in [0.05, 0.1) is 19.1 Å². The van der Waals surface area contributed by atoms with Crippen LogP contribution in [0.25, 0.3) is 0 Å². The average molecular weight is 305 g/mol. The molecule has 1 N–H and O–H groups in total. The zero-order valence-corrected chi connectivity index (χ0v) is 12.3. The van der Waals surface area contributed by atoms with Crippen LogP contribution in [-0.2, 0) is 4.79 Å². The Morgan fingerprint density at radius 2 is 1.91 bits per heavy atom. The Bertz CT molecular complexity index is 586. The molecule has 1 aromatic carbocycles. The number of carbonyl (C=O) groups is 2. The topological polar surface area (TPSA) is 76.1 Å². The highest BCUT2D eigenvalue weighted by Crippen LogP contribution is 2.31. The van der Waals surface area contributed by atoms with Crippen molar-refractivity contribution in [2.24, 2.45) is 5.92 Å². The van der Waals surface area contributed by atoms with E-state index in [1.54, 1.807) is 23.1 Å². The normalized spacial score (nSPS) is 21.1. The number of carboxylic acids is 1. The Morgan fingerprint density at radius 3 is 2.68 bits per heavy atom. The maximum Gasteiger partial charge on any atom is 0.308 e. The first-order valence-electron chi connectivity index (χ1n) is 7.57. The van der Waals surface area contributed by atoms with Crippen molar-refractivity contribution in [3.05, 3.63) is 23.8 Å². The molecule has 1 saturated heterocycles. The van der Waals surface area contributed by atoms with E-state index in [2.05, 4.69) is 0 Å². The summed E-state index contributed by atoms with van der Waals surface area (Å²) in [6.45, 7) is 2.03. The van der Waals surface area contributed by atoms with E-state index in [0.717, 1.165) is 6.42 Å². The van der Waals surface area contributed by atoms with Crippen LogP contribution >= 0.6 is 0 Å². The van der Waals surface area contributed by atoms with Gasteiger partial charge in [-0.25, -0.2) is 0 Å². The van der Waals surface area contributed by atoms with Gasteiger partial charge < -0.3 is 19.5 Å². The van der Waals surface area contributed by atoms with Gasteiger partial charge >= 0.3 is 5.97 Å². The fraction of sp³-hybridized carbons (Fsp3) is 0.500. The fourth-order valence-corrected chi connectivity index (χ4v) is 2.84. The molecular weight excluding hydrogens is 286 g/mol. The van der Waals surface area contributed by atoms with Crippen LogP contribution in [0.4, 0.5) is 0 Å². The first-order valence-corrected chi connectivity index (χ1v) is 7.57. The van der Waals surface area contributed by atoms with E-state index in [4.69, 9.17) is 14.6 Å². The molecule has 0 aliphatic carbocycles. The third kappa shape index (κ3) is 3.00. The van der Waals surface area contributed by atoms with E-state index in [9.17, 15) is 9.59 Å². The van der Waals surface area contributed by atoms with E-state index >= 15 is 0 Å². The van der Waals surface area contributed by atoms with Crippen LogP contribution in [-0.4, -0.2) is 48.2 Å². The van der Waals surface area contributed by atoms with Crippen LogP contribution in [0.15, 0.2) is 18.2 Å². The highest BCUT2D eigenvalue weighted by molar-refractivity contribution is 5.95. The smallest absolute Gasteiger partial charge is 0.308 e. The molecule has 1 fully saturated rings. The van der Waals surface area contributed by atoms with E-state index in [1.807, 2.05) is 0 Å². The van der Waals surface area contributed by atoms with Crippen LogP contribution in [0.5, 0.6) is 11.5 Å². The van der Waals surface area contributed by atoms with Gasteiger partial charge in [-0.15, -0.1) is 0 Å². The molecule has 0 saturated carbocycles.